The fourth-order valence-corrected chi connectivity index (χ4v) is 6.60. The molecule has 1 aromatic carbocycles. The summed E-state index contributed by atoms with van der Waals surface area (Å²) in [5, 5.41) is 5.87. The number of nitrogens with one attached hydrogen (secondary N) is 2. The van der Waals surface area contributed by atoms with Crippen molar-refractivity contribution in [3.63, 3.8) is 0 Å². The zero-order valence-corrected chi connectivity index (χ0v) is 23.6. The molecule has 2 N–H and O–H groups in total. The van der Waals surface area contributed by atoms with Crippen molar-refractivity contribution in [1.29, 1.82) is 0 Å². The van der Waals surface area contributed by atoms with Crippen molar-refractivity contribution in [1.82, 2.24) is 4.98 Å². The lowest BCUT2D eigenvalue weighted by Crippen LogP contribution is -2.44. The highest BCUT2D eigenvalue weighted by atomic mass is 32.2. The summed E-state index contributed by atoms with van der Waals surface area (Å²) in [6, 6.07) is 6.79. The minimum absolute atomic E-state index is 0.0751. The first-order valence-corrected chi connectivity index (χ1v) is 15.0. The highest BCUT2D eigenvalue weighted by Gasteiger charge is 2.40. The number of alkyl halides is 2. The third-order valence-corrected chi connectivity index (χ3v) is 8.43. The molecule has 210 valence electrons. The molecule has 0 radical (unpaired) electrons. The number of hydrogen-bond acceptors (Lipinski definition) is 7. The smallest absolute Gasteiger partial charge is 0.277 e. The maximum absolute atomic E-state index is 13.5. The molecule has 1 aromatic heterocycles. The predicted octanol–water partition coefficient (Wildman–Crippen LogP) is 5.92. The first-order valence-electron chi connectivity index (χ1n) is 13.1. The number of anilines is 3. The van der Waals surface area contributed by atoms with E-state index >= 15 is 0 Å². The van der Waals surface area contributed by atoms with Crippen LogP contribution in [-0.4, -0.2) is 48.9 Å². The first kappa shape index (κ1) is 27.6. The summed E-state index contributed by atoms with van der Waals surface area (Å²) in [7, 11) is -3.68. The molecule has 2 aromatic rings. The Morgan fingerprint density at radius 1 is 1.08 bits per heavy atom. The van der Waals surface area contributed by atoms with E-state index in [9.17, 15) is 22.0 Å². The standard InChI is InChI=1S/C28H34F2N4O4S/c1-27(2)13-17(14-28(3,4)38-27)16-8-9-18(22(10-16)39(5,36)37)31-20-12-23(34-26(35)15-6-7-15)32-19-11-21(25(29)30)33-24(19)20/h8-10,12,15,17,25H,6-7,11,13-14H2,1-5H3,(H2,31,32,34,35). The van der Waals surface area contributed by atoms with E-state index in [0.717, 1.165) is 37.5 Å². The van der Waals surface area contributed by atoms with Crippen LogP contribution in [0.4, 0.5) is 31.7 Å². The van der Waals surface area contributed by atoms with Crippen LogP contribution in [0.2, 0.25) is 0 Å². The SMILES string of the molecule is CC1(C)CC(c2ccc(Nc3cc(NC(=O)C4CC4)nc4c3N=C(C(F)F)C4)c(S(C)(=O)=O)c2)CC(C)(C)O1. The van der Waals surface area contributed by atoms with Crippen LogP contribution in [0.1, 0.15) is 70.6 Å². The molecule has 0 atom stereocenters. The molecular formula is C28H34F2N4O4S. The van der Waals surface area contributed by atoms with Crippen LogP contribution < -0.4 is 10.6 Å². The van der Waals surface area contributed by atoms with Gasteiger partial charge in [0, 0.05) is 24.7 Å². The lowest BCUT2D eigenvalue weighted by Gasteiger charge is -2.45. The highest BCUT2D eigenvalue weighted by Crippen LogP contribution is 2.45. The number of rotatable bonds is 7. The molecular weight excluding hydrogens is 526 g/mol. The van der Waals surface area contributed by atoms with E-state index in [4.69, 9.17) is 4.74 Å². The molecule has 1 amide bonds. The van der Waals surface area contributed by atoms with Gasteiger partial charge in [0.1, 0.15) is 11.5 Å². The number of hydrogen-bond donors (Lipinski definition) is 2. The predicted molar refractivity (Wildman–Crippen MR) is 146 cm³/mol. The van der Waals surface area contributed by atoms with E-state index in [1.807, 2.05) is 33.8 Å². The van der Waals surface area contributed by atoms with Crippen LogP contribution in [0, 0.1) is 5.92 Å². The largest absolute Gasteiger partial charge is 0.370 e. The van der Waals surface area contributed by atoms with E-state index in [2.05, 4.69) is 20.6 Å². The molecule has 8 nitrogen and oxygen atoms in total. The Hall–Kier alpha value is -2.92. The molecule has 11 heteroatoms. The molecule has 3 heterocycles. The Labute approximate surface area is 227 Å². The van der Waals surface area contributed by atoms with Gasteiger partial charge in [-0.2, -0.15) is 0 Å². The van der Waals surface area contributed by atoms with E-state index in [1.165, 1.54) is 6.07 Å². The van der Waals surface area contributed by atoms with E-state index in [-0.39, 0.29) is 57.5 Å². The maximum Gasteiger partial charge on any atom is 0.277 e. The Balaban J connectivity index is 1.53. The van der Waals surface area contributed by atoms with Crippen LogP contribution in [0.3, 0.4) is 0 Å². The fourth-order valence-electron chi connectivity index (χ4n) is 5.73. The second kappa shape index (κ2) is 9.62. The number of amides is 1. The number of ether oxygens (including phenoxy) is 1. The minimum Gasteiger partial charge on any atom is -0.370 e. The molecule has 5 rings (SSSR count). The lowest BCUT2D eigenvalue weighted by molar-refractivity contribution is -0.161. The van der Waals surface area contributed by atoms with Crippen molar-refractivity contribution in [3.05, 3.63) is 35.5 Å². The Morgan fingerprint density at radius 3 is 2.33 bits per heavy atom. The van der Waals surface area contributed by atoms with Gasteiger partial charge in [-0.3, -0.25) is 4.79 Å². The van der Waals surface area contributed by atoms with Gasteiger partial charge in [0.15, 0.2) is 9.84 Å². The van der Waals surface area contributed by atoms with E-state index in [1.54, 1.807) is 12.1 Å². The van der Waals surface area contributed by atoms with E-state index in [0.29, 0.717) is 17.1 Å². The van der Waals surface area contributed by atoms with Crippen molar-refractivity contribution < 1.29 is 26.7 Å². The van der Waals surface area contributed by atoms with Gasteiger partial charge >= 0.3 is 0 Å². The van der Waals surface area contributed by atoms with Crippen molar-refractivity contribution in [2.24, 2.45) is 10.9 Å². The van der Waals surface area contributed by atoms with Crippen LogP contribution in [0.5, 0.6) is 0 Å². The third-order valence-electron chi connectivity index (χ3n) is 7.29. The van der Waals surface area contributed by atoms with Gasteiger partial charge in [-0.1, -0.05) is 6.07 Å². The number of nitrogens with zero attached hydrogens (tertiary/aromatic N) is 2. The third kappa shape index (κ3) is 6.14. The summed E-state index contributed by atoms with van der Waals surface area (Å²) < 4.78 is 59.1. The summed E-state index contributed by atoms with van der Waals surface area (Å²) in [5.74, 6) is 0.0488. The van der Waals surface area contributed by atoms with Crippen LogP contribution in [0.15, 0.2) is 34.2 Å². The van der Waals surface area contributed by atoms with Crippen molar-refractivity contribution >= 4 is 44.3 Å². The van der Waals surface area contributed by atoms with Crippen LogP contribution >= 0.6 is 0 Å². The number of sulfone groups is 1. The first-order chi connectivity index (χ1) is 18.1. The number of halogens is 2. The summed E-state index contributed by atoms with van der Waals surface area (Å²) >= 11 is 0. The Bertz CT molecular complexity index is 1450. The maximum atomic E-state index is 13.5. The number of aromatic nitrogens is 1. The molecule has 1 saturated heterocycles. The van der Waals surface area contributed by atoms with Gasteiger partial charge in [0.05, 0.1) is 38.9 Å². The molecule has 0 spiro atoms. The molecule has 39 heavy (non-hydrogen) atoms. The quantitative estimate of drug-likeness (QED) is 0.435. The van der Waals surface area contributed by atoms with Gasteiger partial charge < -0.3 is 15.4 Å². The number of aliphatic imine (C=N–C) groups is 1. The van der Waals surface area contributed by atoms with Gasteiger partial charge in [0.25, 0.3) is 6.43 Å². The van der Waals surface area contributed by atoms with Gasteiger partial charge in [-0.15, -0.1) is 0 Å². The highest BCUT2D eigenvalue weighted by molar-refractivity contribution is 7.90. The number of benzene rings is 1. The van der Waals surface area contributed by atoms with E-state index < -0.39 is 16.3 Å². The van der Waals surface area contributed by atoms with Crippen molar-refractivity contribution in [2.75, 3.05) is 16.9 Å². The van der Waals surface area contributed by atoms with Gasteiger partial charge in [-0.05, 0) is 77.0 Å². The molecule has 0 unspecified atom stereocenters. The zero-order chi connectivity index (χ0) is 28.3. The van der Waals surface area contributed by atoms with Gasteiger partial charge in [-0.25, -0.2) is 27.2 Å². The monoisotopic (exact) mass is 560 g/mol. The molecule has 2 fully saturated rings. The van der Waals surface area contributed by atoms with Crippen LogP contribution in [-0.2, 0) is 25.8 Å². The minimum atomic E-state index is -3.68. The zero-order valence-electron chi connectivity index (χ0n) is 22.8. The molecule has 1 saturated carbocycles. The average Bonchev–Trinajstić information content (AvgIpc) is 3.55. The second-order valence-corrected chi connectivity index (χ2v) is 14.1. The number of carbonyl (C=O) groups excluding carboxylic acids is 1. The normalized spacial score (nSPS) is 20.5. The Morgan fingerprint density at radius 2 is 1.74 bits per heavy atom. The van der Waals surface area contributed by atoms with Gasteiger partial charge in [0.2, 0.25) is 5.91 Å². The summed E-state index contributed by atoms with van der Waals surface area (Å²) in [6.07, 6.45) is 1.30. The summed E-state index contributed by atoms with van der Waals surface area (Å²) in [5.41, 5.74) is 0.933. The summed E-state index contributed by atoms with van der Waals surface area (Å²) in [6.45, 7) is 8.14. The van der Waals surface area contributed by atoms with Crippen molar-refractivity contribution in [3.8, 4) is 0 Å². The van der Waals surface area contributed by atoms with Crippen LogP contribution in [0.25, 0.3) is 0 Å². The summed E-state index contributed by atoms with van der Waals surface area (Å²) in [4.78, 5) is 20.9. The van der Waals surface area contributed by atoms with Crippen molar-refractivity contribution in [2.45, 2.75) is 88.2 Å². The average molecular weight is 561 g/mol. The number of fused-ring (bicyclic) bond motifs is 1. The topological polar surface area (TPSA) is 110 Å². The molecule has 2 aliphatic heterocycles. The molecule has 1 aliphatic carbocycles. The molecule has 3 aliphatic rings. The second-order valence-electron chi connectivity index (χ2n) is 12.1. The lowest BCUT2D eigenvalue weighted by atomic mass is 9.77. The number of carbonyl (C=O) groups is 1. The fraction of sp³-hybridized carbons (Fsp3) is 0.536. The molecule has 0 bridgehead atoms. The Kier molecular flexibility index (Phi) is 6.82. The number of pyridine rings is 1.